The largest absolute Gasteiger partial charge is 0.388 e. The molecule has 2 rings (SSSR count). The highest BCUT2D eigenvalue weighted by Crippen LogP contribution is 2.12. The van der Waals surface area contributed by atoms with Crippen LogP contribution in [0.25, 0.3) is 0 Å². The Morgan fingerprint density at radius 1 is 1.10 bits per heavy atom. The summed E-state index contributed by atoms with van der Waals surface area (Å²) in [6, 6.07) is 13.7. The molecule has 3 heteroatoms. The first kappa shape index (κ1) is 14.1. The van der Waals surface area contributed by atoms with Gasteiger partial charge >= 0.3 is 0 Å². The van der Waals surface area contributed by atoms with Crippen molar-refractivity contribution < 1.29 is 4.79 Å². The highest BCUT2D eigenvalue weighted by atomic mass is 16.1. The standard InChI is InChI=1S/C17H20N2O/c1-12-7-8-15(13(2)9-12)11-19-17(20)14-5-4-6-16(10-14)18-3/h4-10,18H,11H2,1-3H3,(H,19,20). The van der Waals surface area contributed by atoms with Gasteiger partial charge in [-0.2, -0.15) is 0 Å². The fraction of sp³-hybridized carbons (Fsp3) is 0.235. The molecular formula is C17H20N2O. The molecule has 0 fully saturated rings. The van der Waals surface area contributed by atoms with Crippen molar-refractivity contribution in [2.75, 3.05) is 12.4 Å². The lowest BCUT2D eigenvalue weighted by atomic mass is 10.1. The fourth-order valence-corrected chi connectivity index (χ4v) is 2.14. The van der Waals surface area contributed by atoms with Crippen LogP contribution in [0.2, 0.25) is 0 Å². The van der Waals surface area contributed by atoms with Crippen LogP contribution in [-0.2, 0) is 6.54 Å². The van der Waals surface area contributed by atoms with E-state index < -0.39 is 0 Å². The third-order valence-electron chi connectivity index (χ3n) is 3.35. The topological polar surface area (TPSA) is 41.1 Å². The van der Waals surface area contributed by atoms with Gasteiger partial charge in [0.25, 0.3) is 5.91 Å². The summed E-state index contributed by atoms with van der Waals surface area (Å²) in [6.45, 7) is 4.68. The number of anilines is 1. The van der Waals surface area contributed by atoms with Crippen molar-refractivity contribution in [1.29, 1.82) is 0 Å². The van der Waals surface area contributed by atoms with E-state index in [0.29, 0.717) is 12.1 Å². The van der Waals surface area contributed by atoms with Gasteiger partial charge in [-0.1, -0.05) is 29.8 Å². The fourth-order valence-electron chi connectivity index (χ4n) is 2.14. The van der Waals surface area contributed by atoms with Crippen LogP contribution in [0, 0.1) is 13.8 Å². The molecule has 0 heterocycles. The minimum atomic E-state index is -0.0536. The van der Waals surface area contributed by atoms with E-state index >= 15 is 0 Å². The predicted octanol–water partition coefficient (Wildman–Crippen LogP) is 3.28. The zero-order valence-electron chi connectivity index (χ0n) is 12.2. The third-order valence-corrected chi connectivity index (χ3v) is 3.35. The average molecular weight is 268 g/mol. The van der Waals surface area contributed by atoms with Crippen molar-refractivity contribution in [3.8, 4) is 0 Å². The van der Waals surface area contributed by atoms with Crippen molar-refractivity contribution in [2.45, 2.75) is 20.4 Å². The summed E-state index contributed by atoms with van der Waals surface area (Å²) < 4.78 is 0. The summed E-state index contributed by atoms with van der Waals surface area (Å²) in [5, 5.41) is 5.99. The Hall–Kier alpha value is -2.29. The molecule has 2 aromatic carbocycles. The van der Waals surface area contributed by atoms with Gasteiger partial charge in [0.1, 0.15) is 0 Å². The van der Waals surface area contributed by atoms with E-state index in [1.807, 2.05) is 31.3 Å². The molecule has 0 aliphatic heterocycles. The van der Waals surface area contributed by atoms with Gasteiger partial charge < -0.3 is 10.6 Å². The summed E-state index contributed by atoms with van der Waals surface area (Å²) >= 11 is 0. The summed E-state index contributed by atoms with van der Waals surface area (Å²) in [4.78, 5) is 12.1. The van der Waals surface area contributed by atoms with Gasteiger partial charge in [0, 0.05) is 24.8 Å². The molecule has 0 aromatic heterocycles. The number of aryl methyl sites for hydroxylation is 2. The van der Waals surface area contributed by atoms with E-state index in [0.717, 1.165) is 11.3 Å². The highest BCUT2D eigenvalue weighted by molar-refractivity contribution is 5.95. The second kappa shape index (κ2) is 6.24. The number of nitrogens with one attached hydrogen (secondary N) is 2. The number of carbonyl (C=O) groups excluding carboxylic acids is 1. The molecule has 104 valence electrons. The first-order valence-electron chi connectivity index (χ1n) is 6.72. The first-order chi connectivity index (χ1) is 9.60. The number of rotatable bonds is 4. The molecule has 0 atom stereocenters. The first-order valence-corrected chi connectivity index (χ1v) is 6.72. The molecular weight excluding hydrogens is 248 g/mol. The lowest BCUT2D eigenvalue weighted by molar-refractivity contribution is 0.0951. The van der Waals surface area contributed by atoms with Crippen LogP contribution in [0.3, 0.4) is 0 Å². The van der Waals surface area contributed by atoms with E-state index in [4.69, 9.17) is 0 Å². The molecule has 0 saturated carbocycles. The van der Waals surface area contributed by atoms with E-state index in [1.165, 1.54) is 11.1 Å². The minimum absolute atomic E-state index is 0.0536. The van der Waals surface area contributed by atoms with E-state index in [2.05, 4.69) is 42.7 Å². The summed E-state index contributed by atoms with van der Waals surface area (Å²) in [6.07, 6.45) is 0. The molecule has 3 nitrogen and oxygen atoms in total. The number of benzene rings is 2. The van der Waals surface area contributed by atoms with E-state index in [1.54, 1.807) is 0 Å². The molecule has 1 amide bonds. The van der Waals surface area contributed by atoms with Gasteiger partial charge in [-0.05, 0) is 43.2 Å². The molecule has 0 unspecified atom stereocenters. The van der Waals surface area contributed by atoms with Gasteiger partial charge in [0.2, 0.25) is 0 Å². The monoisotopic (exact) mass is 268 g/mol. The van der Waals surface area contributed by atoms with E-state index in [-0.39, 0.29) is 5.91 Å². The minimum Gasteiger partial charge on any atom is -0.388 e. The summed E-state index contributed by atoms with van der Waals surface area (Å²) in [7, 11) is 1.84. The van der Waals surface area contributed by atoms with Crippen molar-refractivity contribution in [3.05, 3.63) is 64.7 Å². The SMILES string of the molecule is CNc1cccc(C(=O)NCc2ccc(C)cc2C)c1. The molecule has 0 spiro atoms. The maximum absolute atomic E-state index is 12.1. The van der Waals surface area contributed by atoms with Gasteiger partial charge in [0.15, 0.2) is 0 Å². The molecule has 0 radical (unpaired) electrons. The van der Waals surface area contributed by atoms with Crippen molar-refractivity contribution in [1.82, 2.24) is 5.32 Å². The van der Waals surface area contributed by atoms with Gasteiger partial charge in [-0.3, -0.25) is 4.79 Å². The summed E-state index contributed by atoms with van der Waals surface area (Å²) in [5.41, 5.74) is 5.19. The average Bonchev–Trinajstić information content (AvgIpc) is 2.46. The number of hydrogen-bond donors (Lipinski definition) is 2. The Kier molecular flexibility index (Phi) is 4.41. The molecule has 0 aliphatic rings. The zero-order chi connectivity index (χ0) is 14.5. The molecule has 2 N–H and O–H groups in total. The van der Waals surface area contributed by atoms with Gasteiger partial charge in [-0.25, -0.2) is 0 Å². The predicted molar refractivity (Wildman–Crippen MR) is 83.1 cm³/mol. The van der Waals surface area contributed by atoms with E-state index in [9.17, 15) is 4.79 Å². The quantitative estimate of drug-likeness (QED) is 0.893. The number of amides is 1. The molecule has 2 aromatic rings. The smallest absolute Gasteiger partial charge is 0.251 e. The number of carbonyl (C=O) groups is 1. The normalized spacial score (nSPS) is 10.2. The Labute approximate surface area is 120 Å². The van der Waals surface area contributed by atoms with Crippen LogP contribution in [0.5, 0.6) is 0 Å². The molecule has 0 bridgehead atoms. The van der Waals surface area contributed by atoms with Gasteiger partial charge in [-0.15, -0.1) is 0 Å². The Bertz CT molecular complexity index is 620. The maximum atomic E-state index is 12.1. The second-order valence-corrected chi connectivity index (χ2v) is 4.94. The Morgan fingerprint density at radius 3 is 2.60 bits per heavy atom. The third kappa shape index (κ3) is 3.38. The lowest BCUT2D eigenvalue weighted by Gasteiger charge is -2.09. The van der Waals surface area contributed by atoms with Crippen LogP contribution in [0.1, 0.15) is 27.0 Å². The van der Waals surface area contributed by atoms with Crippen molar-refractivity contribution in [2.24, 2.45) is 0 Å². The molecule has 20 heavy (non-hydrogen) atoms. The molecule has 0 saturated heterocycles. The van der Waals surface area contributed by atoms with Crippen molar-refractivity contribution in [3.63, 3.8) is 0 Å². The Morgan fingerprint density at radius 2 is 1.90 bits per heavy atom. The highest BCUT2D eigenvalue weighted by Gasteiger charge is 2.06. The van der Waals surface area contributed by atoms with Crippen LogP contribution in [0.15, 0.2) is 42.5 Å². The van der Waals surface area contributed by atoms with Gasteiger partial charge in [0.05, 0.1) is 0 Å². The zero-order valence-corrected chi connectivity index (χ0v) is 12.2. The van der Waals surface area contributed by atoms with Crippen LogP contribution < -0.4 is 10.6 Å². The maximum Gasteiger partial charge on any atom is 0.251 e. The van der Waals surface area contributed by atoms with Crippen LogP contribution in [0.4, 0.5) is 5.69 Å². The van der Waals surface area contributed by atoms with Crippen LogP contribution >= 0.6 is 0 Å². The van der Waals surface area contributed by atoms with Crippen molar-refractivity contribution >= 4 is 11.6 Å². The Balaban J connectivity index is 2.04. The lowest BCUT2D eigenvalue weighted by Crippen LogP contribution is -2.23. The number of hydrogen-bond acceptors (Lipinski definition) is 2. The second-order valence-electron chi connectivity index (χ2n) is 4.94. The molecule has 0 aliphatic carbocycles. The summed E-state index contributed by atoms with van der Waals surface area (Å²) in [5.74, 6) is -0.0536. The van der Waals surface area contributed by atoms with Crippen LogP contribution in [-0.4, -0.2) is 13.0 Å².